The second-order valence-electron chi connectivity index (χ2n) is 4.17. The second-order valence-corrected chi connectivity index (χ2v) is 4.99. The van der Waals surface area contributed by atoms with Gasteiger partial charge in [0.2, 0.25) is 0 Å². The molecule has 0 aliphatic rings. The highest BCUT2D eigenvalue weighted by molar-refractivity contribution is 6.35. The number of carbonyl (C=O) groups is 1. The lowest BCUT2D eigenvalue weighted by Crippen LogP contribution is -2.04. The molecule has 0 atom stereocenters. The fourth-order valence-corrected chi connectivity index (χ4v) is 2.00. The van der Waals surface area contributed by atoms with E-state index in [1.54, 1.807) is 12.1 Å². The van der Waals surface area contributed by atoms with Gasteiger partial charge in [-0.1, -0.05) is 23.2 Å². The van der Waals surface area contributed by atoms with Gasteiger partial charge in [-0.05, 0) is 30.7 Å². The van der Waals surface area contributed by atoms with Crippen LogP contribution in [-0.2, 0) is 0 Å². The van der Waals surface area contributed by atoms with Gasteiger partial charge in [0.15, 0.2) is 5.82 Å². The smallest absolute Gasteiger partial charge is 0.337 e. The third-order valence-electron chi connectivity index (χ3n) is 2.67. The average molecular weight is 312 g/mol. The first-order chi connectivity index (χ1) is 9.38. The van der Waals surface area contributed by atoms with Crippen LogP contribution < -0.4 is 11.1 Å². The van der Waals surface area contributed by atoms with E-state index in [9.17, 15) is 4.79 Å². The molecule has 0 saturated heterocycles. The van der Waals surface area contributed by atoms with Crippen LogP contribution in [0.25, 0.3) is 0 Å². The molecule has 5 nitrogen and oxygen atoms in total. The van der Waals surface area contributed by atoms with E-state index >= 15 is 0 Å². The molecule has 0 fully saturated rings. The fourth-order valence-electron chi connectivity index (χ4n) is 1.57. The quantitative estimate of drug-likeness (QED) is 0.804. The first-order valence-corrected chi connectivity index (χ1v) is 6.35. The van der Waals surface area contributed by atoms with Crippen LogP contribution in [0.3, 0.4) is 0 Å². The predicted molar refractivity (Wildman–Crippen MR) is 80.1 cm³/mol. The summed E-state index contributed by atoms with van der Waals surface area (Å²) in [7, 11) is 0. The number of hydrogen-bond acceptors (Lipinski definition) is 4. The lowest BCUT2D eigenvalue weighted by Gasteiger charge is -2.11. The lowest BCUT2D eigenvalue weighted by molar-refractivity contribution is 0.0696. The highest BCUT2D eigenvalue weighted by Crippen LogP contribution is 2.32. The first kappa shape index (κ1) is 14.4. The number of aromatic nitrogens is 1. The molecular formula is C13H11Cl2N3O2. The zero-order chi connectivity index (χ0) is 14.9. The van der Waals surface area contributed by atoms with Crippen molar-refractivity contribution in [2.75, 3.05) is 11.1 Å². The van der Waals surface area contributed by atoms with Crippen molar-refractivity contribution in [2.45, 2.75) is 6.92 Å². The highest BCUT2D eigenvalue weighted by atomic mass is 35.5. The minimum Gasteiger partial charge on any atom is -0.478 e. The van der Waals surface area contributed by atoms with E-state index in [-0.39, 0.29) is 11.3 Å². The van der Waals surface area contributed by atoms with Crippen molar-refractivity contribution in [3.05, 3.63) is 45.6 Å². The average Bonchev–Trinajstić information content (AvgIpc) is 2.37. The van der Waals surface area contributed by atoms with Gasteiger partial charge in [0, 0.05) is 11.2 Å². The molecule has 0 amide bonds. The summed E-state index contributed by atoms with van der Waals surface area (Å²) in [6.07, 6.45) is 1.21. The SMILES string of the molecule is Cc1cc(Cl)c(Nc2ncc(C(=O)O)cc2N)cc1Cl. The maximum Gasteiger partial charge on any atom is 0.337 e. The molecule has 7 heteroatoms. The minimum atomic E-state index is -1.09. The summed E-state index contributed by atoms with van der Waals surface area (Å²) < 4.78 is 0. The number of carboxylic acids is 1. The van der Waals surface area contributed by atoms with Crippen LogP contribution in [0.1, 0.15) is 15.9 Å². The van der Waals surface area contributed by atoms with Crippen LogP contribution in [0.4, 0.5) is 17.2 Å². The Bertz CT molecular complexity index is 690. The molecule has 4 N–H and O–H groups in total. The maximum atomic E-state index is 10.8. The van der Waals surface area contributed by atoms with Gasteiger partial charge >= 0.3 is 5.97 Å². The Morgan fingerprint density at radius 2 is 2.00 bits per heavy atom. The van der Waals surface area contributed by atoms with Gasteiger partial charge in [-0.2, -0.15) is 0 Å². The summed E-state index contributed by atoms with van der Waals surface area (Å²) in [5.41, 5.74) is 7.38. The number of aryl methyl sites for hydroxylation is 1. The number of nitrogens with one attached hydrogen (secondary N) is 1. The third kappa shape index (κ3) is 2.95. The van der Waals surface area contributed by atoms with E-state index < -0.39 is 5.97 Å². The standard InChI is InChI=1S/C13H11Cl2N3O2/c1-6-2-9(15)11(4-8(6)14)18-12-10(16)3-7(5-17-12)13(19)20/h2-5H,16H2,1H3,(H,17,18)(H,19,20). The second kappa shape index (κ2) is 5.56. The summed E-state index contributed by atoms with van der Waals surface area (Å²) >= 11 is 12.1. The van der Waals surface area contributed by atoms with Crippen molar-refractivity contribution in [1.82, 2.24) is 4.98 Å². The van der Waals surface area contributed by atoms with Crippen molar-refractivity contribution in [2.24, 2.45) is 0 Å². The zero-order valence-electron chi connectivity index (χ0n) is 10.4. The van der Waals surface area contributed by atoms with Crippen LogP contribution in [0, 0.1) is 6.92 Å². The summed E-state index contributed by atoms with van der Waals surface area (Å²) in [6, 6.07) is 4.70. The number of hydrogen-bond donors (Lipinski definition) is 3. The Kier molecular flexibility index (Phi) is 4.01. The molecule has 104 valence electrons. The molecule has 20 heavy (non-hydrogen) atoms. The van der Waals surface area contributed by atoms with Crippen molar-refractivity contribution in [3.8, 4) is 0 Å². The van der Waals surface area contributed by atoms with Crippen LogP contribution >= 0.6 is 23.2 Å². The zero-order valence-corrected chi connectivity index (χ0v) is 12.0. The predicted octanol–water partition coefficient (Wildman–Crippen LogP) is 3.72. The largest absolute Gasteiger partial charge is 0.478 e. The lowest BCUT2D eigenvalue weighted by atomic mass is 10.2. The van der Waals surface area contributed by atoms with Gasteiger partial charge in [-0.25, -0.2) is 9.78 Å². The number of benzene rings is 1. The Morgan fingerprint density at radius 1 is 1.30 bits per heavy atom. The van der Waals surface area contributed by atoms with Crippen LogP contribution in [0.5, 0.6) is 0 Å². The van der Waals surface area contributed by atoms with Gasteiger partial charge in [0.05, 0.1) is 22.0 Å². The number of pyridine rings is 1. The van der Waals surface area contributed by atoms with Crippen molar-refractivity contribution < 1.29 is 9.90 Å². The monoisotopic (exact) mass is 311 g/mol. The van der Waals surface area contributed by atoms with Gasteiger partial charge in [0.25, 0.3) is 0 Å². The van der Waals surface area contributed by atoms with E-state index in [4.69, 9.17) is 34.0 Å². The highest BCUT2D eigenvalue weighted by Gasteiger charge is 2.10. The van der Waals surface area contributed by atoms with Gasteiger partial charge in [-0.15, -0.1) is 0 Å². The van der Waals surface area contributed by atoms with Gasteiger partial charge < -0.3 is 16.2 Å². The van der Waals surface area contributed by atoms with E-state index in [0.717, 1.165) is 5.56 Å². The molecule has 2 rings (SSSR count). The van der Waals surface area contributed by atoms with Crippen LogP contribution in [0.2, 0.25) is 10.0 Å². The Morgan fingerprint density at radius 3 is 2.60 bits per heavy atom. The molecule has 0 radical (unpaired) electrons. The molecule has 0 aliphatic carbocycles. The fraction of sp³-hybridized carbons (Fsp3) is 0.0769. The van der Waals surface area contributed by atoms with E-state index in [2.05, 4.69) is 10.3 Å². The maximum absolute atomic E-state index is 10.8. The normalized spacial score (nSPS) is 10.3. The molecule has 0 bridgehead atoms. The molecule has 0 unspecified atom stereocenters. The third-order valence-corrected chi connectivity index (χ3v) is 3.39. The molecule has 0 aliphatic heterocycles. The topological polar surface area (TPSA) is 88.2 Å². The number of carboxylic acid groups (broad SMARTS) is 1. The van der Waals surface area contributed by atoms with E-state index in [1.165, 1.54) is 12.3 Å². The minimum absolute atomic E-state index is 0.0149. The van der Waals surface area contributed by atoms with Gasteiger partial charge in [0.1, 0.15) is 0 Å². The number of aromatic carboxylic acids is 1. The molecule has 1 heterocycles. The Labute approximate surface area is 125 Å². The molecule has 2 aromatic rings. The van der Waals surface area contributed by atoms with Gasteiger partial charge in [-0.3, -0.25) is 0 Å². The number of anilines is 3. The molecule has 1 aromatic carbocycles. The summed E-state index contributed by atoms with van der Waals surface area (Å²) in [5, 5.41) is 12.8. The van der Waals surface area contributed by atoms with Crippen LogP contribution in [0.15, 0.2) is 24.4 Å². The van der Waals surface area contributed by atoms with Crippen molar-refractivity contribution in [1.29, 1.82) is 0 Å². The van der Waals surface area contributed by atoms with E-state index in [1.807, 2.05) is 6.92 Å². The number of rotatable bonds is 3. The van der Waals surface area contributed by atoms with Crippen molar-refractivity contribution >= 4 is 46.4 Å². The number of nitrogens with zero attached hydrogens (tertiary/aromatic N) is 1. The summed E-state index contributed by atoms with van der Waals surface area (Å²) in [5.74, 6) is -0.774. The number of nitrogen functional groups attached to an aromatic ring is 1. The Balaban J connectivity index is 2.35. The molecule has 0 spiro atoms. The van der Waals surface area contributed by atoms with Crippen LogP contribution in [-0.4, -0.2) is 16.1 Å². The van der Waals surface area contributed by atoms with Crippen molar-refractivity contribution in [3.63, 3.8) is 0 Å². The molecule has 0 saturated carbocycles. The summed E-state index contributed by atoms with van der Waals surface area (Å²) in [4.78, 5) is 14.8. The van der Waals surface area contributed by atoms with E-state index in [0.29, 0.717) is 21.6 Å². The number of halogens is 2. The first-order valence-electron chi connectivity index (χ1n) is 5.60. The summed E-state index contributed by atoms with van der Waals surface area (Å²) in [6.45, 7) is 1.84. The molecule has 1 aromatic heterocycles. The molecular weight excluding hydrogens is 301 g/mol. The number of nitrogens with two attached hydrogens (primary N) is 1. The Hall–Kier alpha value is -1.98.